The summed E-state index contributed by atoms with van der Waals surface area (Å²) in [7, 11) is 0. The van der Waals surface area contributed by atoms with Gasteiger partial charge < -0.3 is 35.0 Å². The van der Waals surface area contributed by atoms with Crippen molar-refractivity contribution in [2.45, 2.75) is 30.7 Å². The Hall–Kier alpha value is -1.71. The van der Waals surface area contributed by atoms with Crippen molar-refractivity contribution in [3.63, 3.8) is 0 Å². The van der Waals surface area contributed by atoms with Crippen LogP contribution in [0.2, 0.25) is 0 Å². The molecule has 1 fully saturated rings. The molecule has 0 radical (unpaired) electrons. The molecule has 1 aliphatic rings. The van der Waals surface area contributed by atoms with E-state index in [1.165, 1.54) is 24.3 Å². The van der Waals surface area contributed by atoms with E-state index in [0.717, 1.165) is 0 Å². The van der Waals surface area contributed by atoms with Gasteiger partial charge in [-0.3, -0.25) is 0 Å². The van der Waals surface area contributed by atoms with E-state index in [4.69, 9.17) is 19.7 Å². The highest BCUT2D eigenvalue weighted by atomic mass is 16.7. The van der Waals surface area contributed by atoms with Crippen molar-refractivity contribution < 1.29 is 39.8 Å². The number of phenols is 1. The lowest BCUT2D eigenvalue weighted by Gasteiger charge is -2.39. The smallest absolute Gasteiger partial charge is 0.340 e. The first-order valence-corrected chi connectivity index (χ1v) is 6.24. The van der Waals surface area contributed by atoms with Crippen molar-refractivity contribution in [1.82, 2.24) is 0 Å². The summed E-state index contributed by atoms with van der Waals surface area (Å²) < 4.78 is 9.95. The van der Waals surface area contributed by atoms with E-state index in [2.05, 4.69) is 0 Å². The van der Waals surface area contributed by atoms with E-state index in [0.29, 0.717) is 0 Å². The van der Waals surface area contributed by atoms with Gasteiger partial charge in [-0.05, 0) is 24.3 Å². The number of aromatic hydroxyl groups is 1. The van der Waals surface area contributed by atoms with E-state index < -0.39 is 43.3 Å². The Balaban J connectivity index is 2.07. The lowest BCUT2D eigenvalue weighted by atomic mass is 9.99. The lowest BCUT2D eigenvalue weighted by Crippen LogP contribution is -2.59. The fraction of sp³-hybridized carbons (Fsp3) is 0.462. The molecule has 1 unspecified atom stereocenters. The number of aliphatic hydroxyl groups is 4. The summed E-state index contributed by atoms with van der Waals surface area (Å²) in [6, 6.07) is 5.18. The van der Waals surface area contributed by atoms with Gasteiger partial charge in [-0.1, -0.05) is 0 Å². The first kappa shape index (κ1) is 15.7. The lowest BCUT2D eigenvalue weighted by molar-refractivity contribution is -0.285. The third kappa shape index (κ3) is 3.31. The summed E-state index contributed by atoms with van der Waals surface area (Å²) in [6.07, 6.45) is -7.46. The van der Waals surface area contributed by atoms with Crippen LogP contribution >= 0.6 is 0 Å². The van der Waals surface area contributed by atoms with Gasteiger partial charge in [0.15, 0.2) is 0 Å². The minimum Gasteiger partial charge on any atom is -0.508 e. The number of rotatable bonds is 3. The second-order valence-electron chi connectivity index (χ2n) is 4.65. The fourth-order valence-corrected chi connectivity index (χ4v) is 1.94. The molecule has 2 rings (SSSR count). The summed E-state index contributed by atoms with van der Waals surface area (Å²) in [5.74, 6) is -0.876. The normalized spacial score (nSPS) is 32.7. The molecule has 0 saturated carbocycles. The molecule has 0 amide bonds. The number of carbonyl (C=O) groups is 1. The SMILES string of the molecule is O=C(OC1O[C@H](CO)[C@@H](O)[C@H](O)[C@H]1O)c1ccc(O)cc1. The van der Waals surface area contributed by atoms with Crippen LogP contribution in [0.15, 0.2) is 24.3 Å². The van der Waals surface area contributed by atoms with Crippen LogP contribution < -0.4 is 0 Å². The summed E-state index contributed by atoms with van der Waals surface area (Å²) in [4.78, 5) is 11.9. The van der Waals surface area contributed by atoms with Crippen molar-refractivity contribution in [1.29, 1.82) is 0 Å². The van der Waals surface area contributed by atoms with E-state index >= 15 is 0 Å². The van der Waals surface area contributed by atoms with Crippen LogP contribution in [-0.2, 0) is 9.47 Å². The summed E-state index contributed by atoms with van der Waals surface area (Å²) in [5, 5.41) is 47.0. The molecule has 116 valence electrons. The Labute approximate surface area is 119 Å². The minimum atomic E-state index is -1.65. The maximum absolute atomic E-state index is 11.9. The molecule has 0 aliphatic carbocycles. The Bertz CT molecular complexity index is 485. The van der Waals surface area contributed by atoms with Gasteiger partial charge in [0.1, 0.15) is 30.2 Å². The number of carbonyl (C=O) groups excluding carboxylic acids is 1. The van der Waals surface area contributed by atoms with Crippen molar-refractivity contribution in [3.8, 4) is 5.75 Å². The second kappa shape index (κ2) is 6.37. The largest absolute Gasteiger partial charge is 0.508 e. The number of ether oxygens (including phenoxy) is 2. The number of esters is 1. The molecule has 8 heteroatoms. The van der Waals surface area contributed by atoms with Crippen LogP contribution in [0.1, 0.15) is 10.4 Å². The molecule has 1 aromatic carbocycles. The summed E-state index contributed by atoms with van der Waals surface area (Å²) >= 11 is 0. The molecule has 8 nitrogen and oxygen atoms in total. The molecule has 0 spiro atoms. The zero-order chi connectivity index (χ0) is 15.6. The topological polar surface area (TPSA) is 137 Å². The molecule has 1 heterocycles. The third-order valence-corrected chi connectivity index (χ3v) is 3.17. The van der Waals surface area contributed by atoms with Crippen molar-refractivity contribution in [2.24, 2.45) is 0 Å². The number of benzene rings is 1. The highest BCUT2D eigenvalue weighted by Crippen LogP contribution is 2.23. The molecule has 0 bridgehead atoms. The number of hydrogen-bond donors (Lipinski definition) is 5. The number of aliphatic hydroxyl groups excluding tert-OH is 4. The van der Waals surface area contributed by atoms with Crippen LogP contribution in [0.25, 0.3) is 0 Å². The molecular formula is C13H16O8. The molecule has 5 N–H and O–H groups in total. The van der Waals surface area contributed by atoms with E-state index in [1.807, 2.05) is 0 Å². The molecule has 5 atom stereocenters. The average Bonchev–Trinajstić information content (AvgIpc) is 2.48. The second-order valence-corrected chi connectivity index (χ2v) is 4.65. The van der Waals surface area contributed by atoms with Crippen LogP contribution in [0.3, 0.4) is 0 Å². The van der Waals surface area contributed by atoms with Gasteiger partial charge in [0, 0.05) is 0 Å². The summed E-state index contributed by atoms with van der Waals surface area (Å²) in [5.41, 5.74) is 0.102. The van der Waals surface area contributed by atoms with Crippen LogP contribution in [0.4, 0.5) is 0 Å². The minimum absolute atomic E-state index is 0.0283. The zero-order valence-electron chi connectivity index (χ0n) is 10.9. The van der Waals surface area contributed by atoms with Gasteiger partial charge >= 0.3 is 5.97 Å². The van der Waals surface area contributed by atoms with Gasteiger partial charge in [0.25, 0.3) is 0 Å². The van der Waals surface area contributed by atoms with E-state index in [9.17, 15) is 20.1 Å². The van der Waals surface area contributed by atoms with Crippen molar-refractivity contribution >= 4 is 5.97 Å². The Morgan fingerprint density at radius 3 is 2.29 bits per heavy atom. The standard InChI is InChI=1S/C13H16O8/c14-5-8-9(16)10(17)11(18)13(20-8)21-12(19)6-1-3-7(15)4-2-6/h1-4,8-11,13-18H,5H2/t8-,9-,10+,11-,13?/m1/s1. The molecular weight excluding hydrogens is 284 g/mol. The maximum Gasteiger partial charge on any atom is 0.340 e. The highest BCUT2D eigenvalue weighted by Gasteiger charge is 2.45. The van der Waals surface area contributed by atoms with Crippen molar-refractivity contribution in [2.75, 3.05) is 6.61 Å². The van der Waals surface area contributed by atoms with Gasteiger partial charge in [0.05, 0.1) is 12.2 Å². The average molecular weight is 300 g/mol. The third-order valence-electron chi connectivity index (χ3n) is 3.17. The predicted molar refractivity (Wildman–Crippen MR) is 67.3 cm³/mol. The van der Waals surface area contributed by atoms with Gasteiger partial charge in [-0.2, -0.15) is 0 Å². The first-order valence-electron chi connectivity index (χ1n) is 6.24. The number of hydrogen-bond acceptors (Lipinski definition) is 8. The van der Waals surface area contributed by atoms with Crippen molar-refractivity contribution in [3.05, 3.63) is 29.8 Å². The predicted octanol–water partition coefficient (Wildman–Crippen LogP) is -1.65. The summed E-state index contributed by atoms with van der Waals surface area (Å²) in [6.45, 7) is -0.613. The Morgan fingerprint density at radius 1 is 1.10 bits per heavy atom. The van der Waals surface area contributed by atoms with Crippen LogP contribution in [0.5, 0.6) is 5.75 Å². The molecule has 1 aromatic rings. The number of phenolic OH excluding ortho intramolecular Hbond substituents is 1. The fourth-order valence-electron chi connectivity index (χ4n) is 1.94. The van der Waals surface area contributed by atoms with Crippen LogP contribution in [0, 0.1) is 0 Å². The van der Waals surface area contributed by atoms with E-state index in [-0.39, 0.29) is 11.3 Å². The Morgan fingerprint density at radius 2 is 1.71 bits per heavy atom. The van der Waals surface area contributed by atoms with E-state index in [1.54, 1.807) is 0 Å². The quantitative estimate of drug-likeness (QED) is 0.419. The van der Waals surface area contributed by atoms with Crippen LogP contribution in [-0.4, -0.2) is 68.8 Å². The Kier molecular flexibility index (Phi) is 4.76. The molecule has 1 aliphatic heterocycles. The molecule has 21 heavy (non-hydrogen) atoms. The maximum atomic E-state index is 11.9. The van der Waals surface area contributed by atoms with Gasteiger partial charge in [-0.25, -0.2) is 4.79 Å². The first-order chi connectivity index (χ1) is 9.93. The van der Waals surface area contributed by atoms with Gasteiger partial charge in [0.2, 0.25) is 6.29 Å². The molecule has 1 saturated heterocycles. The highest BCUT2D eigenvalue weighted by molar-refractivity contribution is 5.89. The molecule has 0 aromatic heterocycles. The zero-order valence-corrected chi connectivity index (χ0v) is 10.9. The van der Waals surface area contributed by atoms with Gasteiger partial charge in [-0.15, -0.1) is 0 Å². The monoisotopic (exact) mass is 300 g/mol.